The summed E-state index contributed by atoms with van der Waals surface area (Å²) in [6.45, 7) is 3.25. The van der Waals surface area contributed by atoms with Crippen LogP contribution < -0.4 is 5.73 Å². The van der Waals surface area contributed by atoms with Crippen LogP contribution in [0.3, 0.4) is 0 Å². The zero-order chi connectivity index (χ0) is 15.0. The van der Waals surface area contributed by atoms with Crippen LogP contribution in [0, 0.1) is 17.7 Å². The molecular weight excluding hydrogens is 271 g/mol. The van der Waals surface area contributed by atoms with Crippen molar-refractivity contribution in [3.63, 3.8) is 0 Å². The first kappa shape index (κ1) is 17.0. The number of nitrogens with two attached hydrogens (primary N) is 1. The molecule has 0 aliphatic carbocycles. The number of hydrogen-bond donors (Lipinski definition) is 1. The number of benzene rings is 1. The molecule has 1 atom stereocenters. The quantitative estimate of drug-likeness (QED) is 0.818. The van der Waals surface area contributed by atoms with E-state index in [0.717, 1.165) is 29.8 Å². The zero-order valence-corrected chi connectivity index (χ0v) is 13.3. The van der Waals surface area contributed by atoms with Crippen molar-refractivity contribution in [2.45, 2.75) is 25.9 Å². The van der Waals surface area contributed by atoms with Gasteiger partial charge in [-0.2, -0.15) is 11.8 Å². The maximum atomic E-state index is 13.3. The predicted molar refractivity (Wildman–Crippen MR) is 86.3 cm³/mol. The van der Waals surface area contributed by atoms with Crippen molar-refractivity contribution in [1.82, 2.24) is 4.90 Å². The van der Waals surface area contributed by atoms with E-state index in [2.05, 4.69) is 37.0 Å². The number of nitrogens with zero attached hydrogens (tertiary/aromatic N) is 1. The van der Waals surface area contributed by atoms with Crippen LogP contribution in [0.4, 0.5) is 4.39 Å². The topological polar surface area (TPSA) is 29.3 Å². The van der Waals surface area contributed by atoms with Gasteiger partial charge in [0.1, 0.15) is 5.82 Å². The Kier molecular flexibility index (Phi) is 7.68. The molecule has 2 N–H and O–H groups in total. The lowest BCUT2D eigenvalue weighted by atomic mass is 10.1. The van der Waals surface area contributed by atoms with E-state index in [1.54, 1.807) is 0 Å². The summed E-state index contributed by atoms with van der Waals surface area (Å²) in [7, 11) is 2.11. The summed E-state index contributed by atoms with van der Waals surface area (Å²) in [6, 6.07) is 5.32. The fourth-order valence-electron chi connectivity index (χ4n) is 2.10. The first-order valence-electron chi connectivity index (χ1n) is 6.78. The molecule has 0 amide bonds. The number of halogens is 1. The Hall–Kier alpha value is -1.02. The highest BCUT2D eigenvalue weighted by Crippen LogP contribution is 2.16. The minimum Gasteiger partial charge on any atom is -0.320 e. The van der Waals surface area contributed by atoms with Gasteiger partial charge in [0.2, 0.25) is 0 Å². The molecule has 1 unspecified atom stereocenters. The summed E-state index contributed by atoms with van der Waals surface area (Å²) >= 11 is 1.85. The second-order valence-electron chi connectivity index (χ2n) is 4.74. The van der Waals surface area contributed by atoms with Gasteiger partial charge in [0.25, 0.3) is 0 Å². The second-order valence-corrected chi connectivity index (χ2v) is 5.65. The van der Waals surface area contributed by atoms with Crippen molar-refractivity contribution in [2.24, 2.45) is 5.73 Å². The fraction of sp³-hybridized carbons (Fsp3) is 0.500. The number of thioether (sulfide) groups is 1. The molecular formula is C16H23FN2S. The van der Waals surface area contributed by atoms with Crippen molar-refractivity contribution in [2.75, 3.05) is 25.6 Å². The van der Waals surface area contributed by atoms with Crippen molar-refractivity contribution in [3.05, 3.63) is 35.1 Å². The van der Waals surface area contributed by atoms with Gasteiger partial charge in [0, 0.05) is 23.9 Å². The van der Waals surface area contributed by atoms with Crippen LogP contribution in [0.5, 0.6) is 0 Å². The Balaban J connectivity index is 2.90. The molecule has 110 valence electrons. The van der Waals surface area contributed by atoms with Gasteiger partial charge < -0.3 is 5.73 Å². The molecule has 0 heterocycles. The summed E-state index contributed by atoms with van der Waals surface area (Å²) in [5, 5.41) is 0. The van der Waals surface area contributed by atoms with Crippen molar-refractivity contribution in [1.29, 1.82) is 0 Å². The van der Waals surface area contributed by atoms with Gasteiger partial charge in [0.15, 0.2) is 0 Å². The van der Waals surface area contributed by atoms with Gasteiger partial charge in [-0.25, -0.2) is 4.39 Å². The third kappa shape index (κ3) is 5.16. The van der Waals surface area contributed by atoms with E-state index in [0.29, 0.717) is 6.04 Å². The van der Waals surface area contributed by atoms with Crippen LogP contribution in [0.1, 0.15) is 24.5 Å². The maximum Gasteiger partial charge on any atom is 0.124 e. The Morgan fingerprint density at radius 1 is 1.45 bits per heavy atom. The molecule has 0 aliphatic rings. The maximum absolute atomic E-state index is 13.3. The van der Waals surface area contributed by atoms with E-state index >= 15 is 0 Å². The number of rotatable bonds is 6. The predicted octanol–water partition coefficient (Wildman–Crippen LogP) is 2.71. The average molecular weight is 294 g/mol. The smallest absolute Gasteiger partial charge is 0.124 e. The molecule has 0 saturated heterocycles. The molecule has 0 radical (unpaired) electrons. The van der Waals surface area contributed by atoms with Crippen molar-refractivity contribution < 1.29 is 4.39 Å². The van der Waals surface area contributed by atoms with E-state index in [1.807, 2.05) is 17.8 Å². The first-order chi connectivity index (χ1) is 9.62. The summed E-state index contributed by atoms with van der Waals surface area (Å²) in [4.78, 5) is 2.30. The zero-order valence-electron chi connectivity index (χ0n) is 12.4. The van der Waals surface area contributed by atoms with Crippen LogP contribution >= 0.6 is 11.8 Å². The molecule has 20 heavy (non-hydrogen) atoms. The van der Waals surface area contributed by atoms with E-state index in [-0.39, 0.29) is 12.4 Å². The minimum atomic E-state index is -0.256. The average Bonchev–Trinajstić information content (AvgIpc) is 2.44. The molecule has 0 fully saturated rings. The summed E-state index contributed by atoms with van der Waals surface area (Å²) in [6.07, 6.45) is 3.22. The van der Waals surface area contributed by atoms with Gasteiger partial charge >= 0.3 is 0 Å². The lowest BCUT2D eigenvalue weighted by molar-refractivity contribution is 0.247. The number of hydrogen-bond acceptors (Lipinski definition) is 3. The minimum absolute atomic E-state index is 0.256. The third-order valence-electron chi connectivity index (χ3n) is 3.27. The highest BCUT2D eigenvalue weighted by molar-refractivity contribution is 7.98. The van der Waals surface area contributed by atoms with E-state index in [9.17, 15) is 4.39 Å². The van der Waals surface area contributed by atoms with Gasteiger partial charge in [0.05, 0.1) is 6.54 Å². The Labute approximate surface area is 125 Å². The molecule has 0 saturated carbocycles. The van der Waals surface area contributed by atoms with Gasteiger partial charge in [-0.3, -0.25) is 4.90 Å². The van der Waals surface area contributed by atoms with Crippen LogP contribution in [-0.2, 0) is 6.54 Å². The molecule has 0 aromatic heterocycles. The molecule has 1 aromatic carbocycles. The lowest BCUT2D eigenvalue weighted by Crippen LogP contribution is -2.32. The van der Waals surface area contributed by atoms with Gasteiger partial charge in [-0.1, -0.05) is 24.8 Å². The van der Waals surface area contributed by atoms with Crippen LogP contribution in [0.15, 0.2) is 18.2 Å². The van der Waals surface area contributed by atoms with E-state index < -0.39 is 0 Å². The highest BCUT2D eigenvalue weighted by atomic mass is 32.2. The molecule has 4 heteroatoms. The Morgan fingerprint density at radius 2 is 2.20 bits per heavy atom. The standard InChI is InChI=1S/C16H23FN2S/c1-4-16(12-20-3)19(2)11-14-7-8-15(17)10-13(14)6-5-9-18/h7-8,10,16H,4,9,11-12,18H2,1-3H3. The Bertz CT molecular complexity index is 479. The van der Waals surface area contributed by atoms with Crippen LogP contribution in [0.2, 0.25) is 0 Å². The normalized spacial score (nSPS) is 12.1. The molecule has 0 aliphatic heterocycles. The third-order valence-corrected chi connectivity index (χ3v) is 3.99. The van der Waals surface area contributed by atoms with Crippen molar-refractivity contribution >= 4 is 11.8 Å². The highest BCUT2D eigenvalue weighted by Gasteiger charge is 2.14. The fourth-order valence-corrected chi connectivity index (χ4v) is 2.97. The van der Waals surface area contributed by atoms with Crippen LogP contribution in [0.25, 0.3) is 0 Å². The van der Waals surface area contributed by atoms with E-state index in [1.165, 1.54) is 12.1 Å². The van der Waals surface area contributed by atoms with E-state index in [4.69, 9.17) is 5.73 Å². The molecule has 1 rings (SSSR count). The molecule has 2 nitrogen and oxygen atoms in total. The first-order valence-corrected chi connectivity index (χ1v) is 8.18. The SMILES string of the molecule is CCC(CSC)N(C)Cc1ccc(F)cc1C#CCN. The molecule has 1 aromatic rings. The van der Waals surface area contributed by atoms with Gasteiger partial charge in [-0.05, 0) is 37.4 Å². The largest absolute Gasteiger partial charge is 0.320 e. The molecule has 0 spiro atoms. The molecule has 0 bridgehead atoms. The second kappa shape index (κ2) is 9.02. The van der Waals surface area contributed by atoms with Gasteiger partial charge in [-0.15, -0.1) is 0 Å². The lowest BCUT2D eigenvalue weighted by Gasteiger charge is -2.27. The summed E-state index contributed by atoms with van der Waals surface area (Å²) in [5.41, 5.74) is 7.18. The van der Waals surface area contributed by atoms with Crippen molar-refractivity contribution in [3.8, 4) is 11.8 Å². The Morgan fingerprint density at radius 3 is 2.80 bits per heavy atom. The summed E-state index contributed by atoms with van der Waals surface area (Å²) < 4.78 is 13.3. The summed E-state index contributed by atoms with van der Waals surface area (Å²) in [5.74, 6) is 6.60. The van der Waals surface area contributed by atoms with Crippen LogP contribution in [-0.4, -0.2) is 36.5 Å². The monoisotopic (exact) mass is 294 g/mol.